The molecule has 0 bridgehead atoms. The van der Waals surface area contributed by atoms with Gasteiger partial charge in [-0.1, -0.05) is 30.3 Å². The molecule has 4 aromatic rings. The Labute approximate surface area is 179 Å². The molecule has 0 saturated carbocycles. The van der Waals surface area contributed by atoms with Gasteiger partial charge in [-0.2, -0.15) is 0 Å². The number of aromatic nitrogens is 1. The van der Waals surface area contributed by atoms with E-state index < -0.39 is 0 Å². The molecule has 31 heavy (non-hydrogen) atoms. The fraction of sp³-hybridized carbons (Fsp3) is 0.120. The Hall–Kier alpha value is -3.93. The number of amides is 2. The van der Waals surface area contributed by atoms with Crippen molar-refractivity contribution >= 4 is 22.6 Å². The highest BCUT2D eigenvalue weighted by Gasteiger charge is 2.11. The molecule has 5 nitrogen and oxygen atoms in total. The fourth-order valence-electron chi connectivity index (χ4n) is 3.27. The highest BCUT2D eigenvalue weighted by Crippen LogP contribution is 2.32. The van der Waals surface area contributed by atoms with E-state index in [-0.39, 0.29) is 11.8 Å². The minimum atomic E-state index is -0.296. The summed E-state index contributed by atoms with van der Waals surface area (Å²) in [6.45, 7) is 2.83. The Bertz CT molecular complexity index is 1190. The number of rotatable bonds is 6. The van der Waals surface area contributed by atoms with Crippen molar-refractivity contribution in [1.82, 2.24) is 10.3 Å². The number of ether oxygens (including phenoxy) is 1. The van der Waals surface area contributed by atoms with Gasteiger partial charge < -0.3 is 15.4 Å². The molecular formula is C25H22FN3O2. The van der Waals surface area contributed by atoms with Gasteiger partial charge in [-0.15, -0.1) is 0 Å². The summed E-state index contributed by atoms with van der Waals surface area (Å²) in [6, 6.07) is 22.9. The summed E-state index contributed by atoms with van der Waals surface area (Å²) in [5, 5.41) is 6.48. The zero-order chi connectivity index (χ0) is 21.6. The third-order valence-corrected chi connectivity index (χ3v) is 4.76. The molecular weight excluding hydrogens is 393 g/mol. The number of nitrogens with one attached hydrogen (secondary N) is 2. The Morgan fingerprint density at radius 2 is 1.77 bits per heavy atom. The van der Waals surface area contributed by atoms with Crippen molar-refractivity contribution in [3.63, 3.8) is 0 Å². The molecule has 1 heterocycles. The van der Waals surface area contributed by atoms with E-state index >= 15 is 0 Å². The standard InChI is InChI=1S/C25H22FN3O2/c1-2-31-24-15-23(18-8-10-19(26)11-9-18)29-22-13-12-20(14-21(22)24)28-25(30)27-16-17-6-4-3-5-7-17/h3-15H,2,16H2,1H3,(H2,27,28,30). The maximum atomic E-state index is 13.3. The molecule has 6 heteroatoms. The molecule has 0 aliphatic carbocycles. The Morgan fingerprint density at radius 1 is 1.00 bits per heavy atom. The van der Waals surface area contributed by atoms with Crippen molar-refractivity contribution in [2.24, 2.45) is 0 Å². The normalized spacial score (nSPS) is 10.6. The van der Waals surface area contributed by atoms with E-state index in [1.54, 1.807) is 18.2 Å². The molecule has 0 atom stereocenters. The topological polar surface area (TPSA) is 63.2 Å². The van der Waals surface area contributed by atoms with Gasteiger partial charge in [-0.3, -0.25) is 0 Å². The van der Waals surface area contributed by atoms with E-state index in [4.69, 9.17) is 4.74 Å². The quantitative estimate of drug-likeness (QED) is 0.421. The van der Waals surface area contributed by atoms with Crippen LogP contribution in [0.4, 0.5) is 14.9 Å². The monoisotopic (exact) mass is 415 g/mol. The van der Waals surface area contributed by atoms with Gasteiger partial charge in [0.2, 0.25) is 0 Å². The van der Waals surface area contributed by atoms with E-state index in [9.17, 15) is 9.18 Å². The maximum Gasteiger partial charge on any atom is 0.319 e. The van der Waals surface area contributed by atoms with Crippen molar-refractivity contribution in [2.45, 2.75) is 13.5 Å². The van der Waals surface area contributed by atoms with Crippen LogP contribution in [0.1, 0.15) is 12.5 Å². The van der Waals surface area contributed by atoms with Crippen molar-refractivity contribution in [3.05, 3.63) is 90.2 Å². The second kappa shape index (κ2) is 9.26. The van der Waals surface area contributed by atoms with Gasteiger partial charge in [0.05, 0.1) is 17.8 Å². The summed E-state index contributed by atoms with van der Waals surface area (Å²) in [5.41, 5.74) is 3.87. The lowest BCUT2D eigenvalue weighted by molar-refractivity contribution is 0.251. The molecule has 0 aliphatic heterocycles. The molecule has 2 amide bonds. The van der Waals surface area contributed by atoms with Gasteiger partial charge in [-0.05, 0) is 55.0 Å². The van der Waals surface area contributed by atoms with Crippen molar-refractivity contribution in [3.8, 4) is 17.0 Å². The minimum Gasteiger partial charge on any atom is -0.493 e. The molecule has 1 aromatic heterocycles. The maximum absolute atomic E-state index is 13.3. The SMILES string of the molecule is CCOc1cc(-c2ccc(F)cc2)nc2ccc(NC(=O)NCc3ccccc3)cc12. The third-order valence-electron chi connectivity index (χ3n) is 4.76. The minimum absolute atomic E-state index is 0.294. The lowest BCUT2D eigenvalue weighted by Gasteiger charge is -2.13. The Morgan fingerprint density at radius 3 is 2.52 bits per heavy atom. The third kappa shape index (κ3) is 4.98. The summed E-state index contributed by atoms with van der Waals surface area (Å²) in [4.78, 5) is 17.0. The summed E-state index contributed by atoms with van der Waals surface area (Å²) in [5.74, 6) is 0.357. The molecule has 0 spiro atoms. The van der Waals surface area contributed by atoms with Crippen molar-refractivity contribution in [1.29, 1.82) is 0 Å². The fourth-order valence-corrected chi connectivity index (χ4v) is 3.27. The Balaban J connectivity index is 1.57. The van der Waals surface area contributed by atoms with Gasteiger partial charge in [0.15, 0.2) is 0 Å². The average molecular weight is 415 g/mol. The second-order valence-corrected chi connectivity index (χ2v) is 6.97. The summed E-state index contributed by atoms with van der Waals surface area (Å²) >= 11 is 0. The van der Waals surface area contributed by atoms with Gasteiger partial charge in [0, 0.05) is 29.2 Å². The highest BCUT2D eigenvalue weighted by atomic mass is 19.1. The van der Waals surface area contributed by atoms with Crippen LogP contribution in [0, 0.1) is 5.82 Å². The zero-order valence-electron chi connectivity index (χ0n) is 17.1. The van der Waals surface area contributed by atoms with E-state index in [1.807, 2.05) is 55.5 Å². The van der Waals surface area contributed by atoms with Crippen LogP contribution in [0.25, 0.3) is 22.2 Å². The lowest BCUT2D eigenvalue weighted by Crippen LogP contribution is -2.28. The molecule has 0 aliphatic rings. The van der Waals surface area contributed by atoms with Gasteiger partial charge in [0.25, 0.3) is 0 Å². The number of urea groups is 1. The molecule has 3 aromatic carbocycles. The van der Waals surface area contributed by atoms with Crippen LogP contribution < -0.4 is 15.4 Å². The first-order valence-electron chi connectivity index (χ1n) is 10.0. The number of benzene rings is 3. The van der Waals surface area contributed by atoms with Crippen molar-refractivity contribution < 1.29 is 13.9 Å². The van der Waals surface area contributed by atoms with Crippen LogP contribution in [0.3, 0.4) is 0 Å². The van der Waals surface area contributed by atoms with Gasteiger partial charge in [-0.25, -0.2) is 14.2 Å². The second-order valence-electron chi connectivity index (χ2n) is 6.97. The average Bonchev–Trinajstić information content (AvgIpc) is 2.79. The van der Waals surface area contributed by atoms with Gasteiger partial charge in [0.1, 0.15) is 11.6 Å². The lowest BCUT2D eigenvalue weighted by atomic mass is 10.1. The smallest absolute Gasteiger partial charge is 0.319 e. The largest absolute Gasteiger partial charge is 0.493 e. The number of pyridine rings is 1. The van der Waals surface area contributed by atoms with Crippen LogP contribution in [-0.2, 0) is 6.54 Å². The van der Waals surface area contributed by atoms with Gasteiger partial charge >= 0.3 is 6.03 Å². The zero-order valence-corrected chi connectivity index (χ0v) is 17.1. The van der Waals surface area contributed by atoms with Crippen LogP contribution in [0.15, 0.2) is 78.9 Å². The number of carbonyl (C=O) groups excluding carboxylic acids is 1. The molecule has 0 saturated heterocycles. The number of hydrogen-bond donors (Lipinski definition) is 2. The number of carbonyl (C=O) groups is 1. The molecule has 0 fully saturated rings. The van der Waals surface area contributed by atoms with Crippen LogP contribution in [0.5, 0.6) is 5.75 Å². The van der Waals surface area contributed by atoms with Crippen LogP contribution >= 0.6 is 0 Å². The van der Waals surface area contributed by atoms with E-state index in [0.717, 1.165) is 22.0 Å². The number of fused-ring (bicyclic) bond motifs is 1. The van der Waals surface area contributed by atoms with E-state index in [2.05, 4.69) is 15.6 Å². The molecule has 0 unspecified atom stereocenters. The summed E-state index contributed by atoms with van der Waals surface area (Å²) in [6.07, 6.45) is 0. The van der Waals surface area contributed by atoms with Crippen LogP contribution in [-0.4, -0.2) is 17.6 Å². The van der Waals surface area contributed by atoms with Crippen LogP contribution in [0.2, 0.25) is 0 Å². The van der Waals surface area contributed by atoms with Crippen molar-refractivity contribution in [2.75, 3.05) is 11.9 Å². The predicted octanol–water partition coefficient (Wildman–Crippen LogP) is 5.76. The first-order valence-corrected chi connectivity index (χ1v) is 10.0. The molecule has 2 N–H and O–H groups in total. The number of nitrogens with zero attached hydrogens (tertiary/aromatic N) is 1. The number of anilines is 1. The van der Waals surface area contributed by atoms with E-state index in [1.165, 1.54) is 12.1 Å². The number of hydrogen-bond acceptors (Lipinski definition) is 3. The number of halogens is 1. The Kier molecular flexibility index (Phi) is 6.08. The summed E-state index contributed by atoms with van der Waals surface area (Å²) < 4.78 is 19.1. The molecule has 4 rings (SSSR count). The molecule has 0 radical (unpaired) electrons. The summed E-state index contributed by atoms with van der Waals surface area (Å²) in [7, 11) is 0. The predicted molar refractivity (Wildman–Crippen MR) is 121 cm³/mol. The first-order chi connectivity index (χ1) is 15.1. The van der Waals surface area contributed by atoms with E-state index in [0.29, 0.717) is 30.3 Å². The molecule has 156 valence electrons. The first kappa shape index (κ1) is 20.3. The highest BCUT2D eigenvalue weighted by molar-refractivity contribution is 5.95.